The first-order valence-corrected chi connectivity index (χ1v) is 7.70. The van der Waals surface area contributed by atoms with E-state index in [2.05, 4.69) is 31.2 Å². The molecule has 102 valence electrons. The van der Waals surface area contributed by atoms with Crippen LogP contribution in [0.1, 0.15) is 5.56 Å². The quantitative estimate of drug-likeness (QED) is 0.602. The van der Waals surface area contributed by atoms with Gasteiger partial charge >= 0.3 is 0 Å². The Kier molecular flexibility index (Phi) is 3.94. The standard InChI is InChI=1S/C19H15OP/c1-14-12-13-17(21-20)19(16-10-6-3-7-11-16)18(14)15-8-4-2-5-9-15/h2-13H,1H3. The van der Waals surface area contributed by atoms with Crippen LogP contribution in [-0.4, -0.2) is 0 Å². The molecule has 0 heterocycles. The Hall–Kier alpha value is -2.24. The monoisotopic (exact) mass is 290 g/mol. The molecule has 2 heteroatoms. The van der Waals surface area contributed by atoms with Crippen molar-refractivity contribution in [3.63, 3.8) is 0 Å². The summed E-state index contributed by atoms with van der Waals surface area (Å²) in [5.74, 6) is 0. The first-order valence-electron chi connectivity index (χ1n) is 6.89. The van der Waals surface area contributed by atoms with Gasteiger partial charge < -0.3 is 0 Å². The van der Waals surface area contributed by atoms with Crippen molar-refractivity contribution < 1.29 is 4.57 Å². The molecule has 0 atom stereocenters. The maximum absolute atomic E-state index is 11.6. The van der Waals surface area contributed by atoms with Crippen molar-refractivity contribution in [1.29, 1.82) is 0 Å². The molecule has 0 radical (unpaired) electrons. The number of hydrogen-bond acceptors (Lipinski definition) is 1. The van der Waals surface area contributed by atoms with Crippen LogP contribution in [-0.2, 0) is 4.57 Å². The number of benzene rings is 3. The molecule has 0 fully saturated rings. The lowest BCUT2D eigenvalue weighted by Gasteiger charge is -2.15. The molecule has 0 bridgehead atoms. The van der Waals surface area contributed by atoms with Crippen LogP contribution in [0.5, 0.6) is 0 Å². The second kappa shape index (κ2) is 6.03. The van der Waals surface area contributed by atoms with Crippen molar-refractivity contribution in [3.05, 3.63) is 78.4 Å². The third kappa shape index (κ3) is 2.66. The second-order valence-electron chi connectivity index (χ2n) is 4.97. The summed E-state index contributed by atoms with van der Waals surface area (Å²) < 4.78 is 11.6. The largest absolute Gasteiger partial charge is 0.269 e. The summed E-state index contributed by atoms with van der Waals surface area (Å²) in [6.07, 6.45) is 0. The lowest BCUT2D eigenvalue weighted by atomic mass is 9.91. The van der Waals surface area contributed by atoms with E-state index >= 15 is 0 Å². The predicted octanol–water partition coefficient (Wildman–Crippen LogP) is 5.25. The van der Waals surface area contributed by atoms with Crippen LogP contribution in [0.25, 0.3) is 22.3 Å². The molecule has 0 aromatic heterocycles. The zero-order valence-corrected chi connectivity index (χ0v) is 12.7. The topological polar surface area (TPSA) is 17.1 Å². The summed E-state index contributed by atoms with van der Waals surface area (Å²) in [7, 11) is 0.0499. The van der Waals surface area contributed by atoms with Crippen LogP contribution < -0.4 is 5.30 Å². The van der Waals surface area contributed by atoms with Gasteiger partial charge in [0, 0.05) is 5.56 Å². The van der Waals surface area contributed by atoms with Gasteiger partial charge in [-0.1, -0.05) is 66.7 Å². The van der Waals surface area contributed by atoms with Crippen LogP contribution in [0, 0.1) is 6.92 Å². The van der Waals surface area contributed by atoms with Crippen molar-refractivity contribution in [1.82, 2.24) is 0 Å². The van der Waals surface area contributed by atoms with E-state index in [1.165, 1.54) is 5.56 Å². The molecule has 3 rings (SSSR count). The molecule has 0 aliphatic rings. The number of aryl methyl sites for hydroxylation is 1. The fourth-order valence-corrected chi connectivity index (χ4v) is 3.11. The van der Waals surface area contributed by atoms with E-state index in [1.807, 2.05) is 48.5 Å². The highest BCUT2D eigenvalue weighted by Crippen LogP contribution is 2.34. The maximum Gasteiger partial charge on any atom is 0.192 e. The molecule has 0 amide bonds. The van der Waals surface area contributed by atoms with Crippen molar-refractivity contribution in [3.8, 4) is 22.3 Å². The fraction of sp³-hybridized carbons (Fsp3) is 0.0526. The first kappa shape index (κ1) is 13.7. The zero-order valence-electron chi connectivity index (χ0n) is 11.8. The van der Waals surface area contributed by atoms with Gasteiger partial charge in [-0.3, -0.25) is 4.57 Å². The summed E-state index contributed by atoms with van der Waals surface area (Å²) in [6, 6.07) is 24.4. The molecular formula is C19H15OP. The van der Waals surface area contributed by atoms with E-state index in [0.29, 0.717) is 0 Å². The van der Waals surface area contributed by atoms with Gasteiger partial charge in [-0.25, -0.2) is 0 Å². The fourth-order valence-electron chi connectivity index (χ4n) is 2.65. The molecule has 0 aliphatic carbocycles. The highest BCUT2D eigenvalue weighted by atomic mass is 31.1. The van der Waals surface area contributed by atoms with Gasteiger partial charge in [0.25, 0.3) is 0 Å². The van der Waals surface area contributed by atoms with E-state index < -0.39 is 0 Å². The van der Waals surface area contributed by atoms with Crippen molar-refractivity contribution >= 4 is 13.8 Å². The van der Waals surface area contributed by atoms with Gasteiger partial charge in [-0.15, -0.1) is 0 Å². The predicted molar refractivity (Wildman–Crippen MR) is 89.3 cm³/mol. The van der Waals surface area contributed by atoms with Crippen LogP contribution in [0.3, 0.4) is 0 Å². The minimum absolute atomic E-state index is 0.0499. The van der Waals surface area contributed by atoms with E-state index in [1.54, 1.807) is 0 Å². The molecule has 0 spiro atoms. The average Bonchev–Trinajstić information content (AvgIpc) is 2.56. The molecule has 0 N–H and O–H groups in total. The molecule has 1 nitrogen and oxygen atoms in total. The van der Waals surface area contributed by atoms with Crippen LogP contribution in [0.2, 0.25) is 0 Å². The first-order chi connectivity index (χ1) is 10.3. The summed E-state index contributed by atoms with van der Waals surface area (Å²) >= 11 is 0. The summed E-state index contributed by atoms with van der Waals surface area (Å²) in [5, 5.41) is 0.825. The van der Waals surface area contributed by atoms with Gasteiger partial charge in [0.05, 0.1) is 5.30 Å². The van der Waals surface area contributed by atoms with Crippen LogP contribution in [0.4, 0.5) is 0 Å². The summed E-state index contributed by atoms with van der Waals surface area (Å²) in [6.45, 7) is 2.10. The molecule has 3 aromatic rings. The lowest BCUT2D eigenvalue weighted by molar-refractivity contribution is 0.603. The molecule has 0 unspecified atom stereocenters. The van der Waals surface area contributed by atoms with Crippen molar-refractivity contribution in [2.75, 3.05) is 0 Å². The number of rotatable bonds is 3. The Morgan fingerprint density at radius 2 is 1.19 bits per heavy atom. The third-order valence-electron chi connectivity index (χ3n) is 3.61. The summed E-state index contributed by atoms with van der Waals surface area (Å²) in [4.78, 5) is 0. The maximum atomic E-state index is 11.6. The molecular weight excluding hydrogens is 275 g/mol. The smallest absolute Gasteiger partial charge is 0.192 e. The van der Waals surface area contributed by atoms with Gasteiger partial charge in [0.1, 0.15) is 0 Å². The lowest BCUT2D eigenvalue weighted by Crippen LogP contribution is -2.02. The van der Waals surface area contributed by atoms with E-state index in [-0.39, 0.29) is 8.46 Å². The Balaban J connectivity index is 2.36. The van der Waals surface area contributed by atoms with E-state index in [9.17, 15) is 4.57 Å². The highest BCUT2D eigenvalue weighted by molar-refractivity contribution is 7.34. The second-order valence-corrected chi connectivity index (χ2v) is 5.64. The molecule has 3 aromatic carbocycles. The Bertz CT molecular complexity index is 764. The van der Waals surface area contributed by atoms with Gasteiger partial charge in [-0.2, -0.15) is 0 Å². The normalized spacial score (nSPS) is 10.7. The third-order valence-corrected chi connectivity index (χ3v) is 4.18. The summed E-state index contributed by atoms with van der Waals surface area (Å²) in [5.41, 5.74) is 5.64. The van der Waals surface area contributed by atoms with Crippen LogP contribution >= 0.6 is 8.46 Å². The Morgan fingerprint density at radius 1 is 0.667 bits per heavy atom. The van der Waals surface area contributed by atoms with Gasteiger partial charge in [0.2, 0.25) is 0 Å². The van der Waals surface area contributed by atoms with Crippen molar-refractivity contribution in [2.24, 2.45) is 0 Å². The van der Waals surface area contributed by atoms with Gasteiger partial charge in [0.15, 0.2) is 8.46 Å². The van der Waals surface area contributed by atoms with E-state index in [0.717, 1.165) is 27.6 Å². The van der Waals surface area contributed by atoms with E-state index in [4.69, 9.17) is 0 Å². The highest BCUT2D eigenvalue weighted by Gasteiger charge is 2.14. The van der Waals surface area contributed by atoms with Gasteiger partial charge in [-0.05, 0) is 35.2 Å². The number of hydrogen-bond donors (Lipinski definition) is 0. The Labute approximate surface area is 126 Å². The molecule has 0 saturated heterocycles. The minimum atomic E-state index is 0.0499. The SMILES string of the molecule is Cc1ccc(P=O)c(-c2ccccc2)c1-c1ccccc1. The molecule has 0 aliphatic heterocycles. The Morgan fingerprint density at radius 3 is 1.71 bits per heavy atom. The van der Waals surface area contributed by atoms with Crippen molar-refractivity contribution in [2.45, 2.75) is 6.92 Å². The van der Waals surface area contributed by atoms with Crippen LogP contribution in [0.15, 0.2) is 72.8 Å². The average molecular weight is 290 g/mol. The molecule has 0 saturated carbocycles. The molecule has 21 heavy (non-hydrogen) atoms. The minimum Gasteiger partial charge on any atom is -0.269 e. The zero-order chi connectivity index (χ0) is 14.7.